The van der Waals surface area contributed by atoms with Crippen LogP contribution in [-0.2, 0) is 16.0 Å². The number of nitrogens with one attached hydrogen (secondary N) is 2. The quantitative estimate of drug-likeness (QED) is 0.674. The summed E-state index contributed by atoms with van der Waals surface area (Å²) in [6.07, 6.45) is 1.55. The lowest BCUT2D eigenvalue weighted by Gasteiger charge is -2.14. The SMILES string of the molecule is O=C(CCNC(=O)c1ccco1)N[C@@H](Cc1ccccc1)C(=O)O. The third-order valence-corrected chi connectivity index (χ3v) is 3.30. The number of aliphatic carboxylic acids is 1. The number of carboxylic acids is 1. The standard InChI is InChI=1S/C17H18N2O5/c20-15(8-9-18-16(21)14-7-4-10-24-14)19-13(17(22)23)11-12-5-2-1-3-6-12/h1-7,10,13H,8-9,11H2,(H,18,21)(H,19,20)(H,22,23)/t13-/m0/s1. The maximum absolute atomic E-state index is 11.9. The summed E-state index contributed by atoms with van der Waals surface area (Å²) < 4.78 is 4.92. The van der Waals surface area contributed by atoms with E-state index in [-0.39, 0.29) is 25.1 Å². The molecule has 7 nitrogen and oxygen atoms in total. The molecule has 1 atom stereocenters. The monoisotopic (exact) mass is 330 g/mol. The Balaban J connectivity index is 1.78. The van der Waals surface area contributed by atoms with Crippen LogP contribution < -0.4 is 10.6 Å². The van der Waals surface area contributed by atoms with Crippen molar-refractivity contribution >= 4 is 17.8 Å². The molecule has 0 aliphatic heterocycles. The fraction of sp³-hybridized carbons (Fsp3) is 0.235. The molecule has 1 aromatic carbocycles. The van der Waals surface area contributed by atoms with Gasteiger partial charge in [-0.2, -0.15) is 0 Å². The van der Waals surface area contributed by atoms with Crippen LogP contribution in [0.3, 0.4) is 0 Å². The van der Waals surface area contributed by atoms with E-state index in [1.807, 2.05) is 6.07 Å². The highest BCUT2D eigenvalue weighted by molar-refractivity contribution is 5.91. The van der Waals surface area contributed by atoms with Crippen LogP contribution in [0.4, 0.5) is 0 Å². The number of rotatable bonds is 8. The van der Waals surface area contributed by atoms with Crippen molar-refractivity contribution in [3.63, 3.8) is 0 Å². The van der Waals surface area contributed by atoms with E-state index in [1.165, 1.54) is 12.3 Å². The van der Waals surface area contributed by atoms with Gasteiger partial charge in [0.2, 0.25) is 5.91 Å². The van der Waals surface area contributed by atoms with Gasteiger partial charge in [-0.25, -0.2) is 4.79 Å². The molecule has 2 aromatic rings. The van der Waals surface area contributed by atoms with Gasteiger partial charge in [-0.15, -0.1) is 0 Å². The third-order valence-electron chi connectivity index (χ3n) is 3.30. The van der Waals surface area contributed by atoms with Gasteiger partial charge >= 0.3 is 5.97 Å². The largest absolute Gasteiger partial charge is 0.480 e. The lowest BCUT2D eigenvalue weighted by Crippen LogP contribution is -2.43. The van der Waals surface area contributed by atoms with E-state index in [2.05, 4.69) is 10.6 Å². The highest BCUT2D eigenvalue weighted by Crippen LogP contribution is 2.04. The number of benzene rings is 1. The zero-order chi connectivity index (χ0) is 17.4. The van der Waals surface area contributed by atoms with Crippen LogP contribution in [0, 0.1) is 0 Å². The molecule has 3 N–H and O–H groups in total. The average molecular weight is 330 g/mol. The van der Waals surface area contributed by atoms with Crippen molar-refractivity contribution in [2.75, 3.05) is 6.54 Å². The van der Waals surface area contributed by atoms with E-state index in [0.717, 1.165) is 5.56 Å². The summed E-state index contributed by atoms with van der Waals surface area (Å²) in [5.74, 6) is -1.82. The van der Waals surface area contributed by atoms with Gasteiger partial charge in [0.15, 0.2) is 5.76 Å². The van der Waals surface area contributed by atoms with Crippen LogP contribution in [0.1, 0.15) is 22.5 Å². The molecule has 0 bridgehead atoms. The van der Waals surface area contributed by atoms with Gasteiger partial charge in [0.05, 0.1) is 6.26 Å². The predicted molar refractivity (Wildman–Crippen MR) is 85.4 cm³/mol. The Morgan fingerprint density at radius 1 is 1.08 bits per heavy atom. The second kappa shape index (κ2) is 8.52. The second-order valence-electron chi connectivity index (χ2n) is 5.13. The van der Waals surface area contributed by atoms with E-state index in [4.69, 9.17) is 4.42 Å². The molecule has 1 heterocycles. The first-order chi connectivity index (χ1) is 11.6. The Morgan fingerprint density at radius 3 is 2.46 bits per heavy atom. The summed E-state index contributed by atoms with van der Waals surface area (Å²) in [5.41, 5.74) is 0.816. The van der Waals surface area contributed by atoms with Gasteiger partial charge in [-0.3, -0.25) is 9.59 Å². The molecule has 1 aromatic heterocycles. The maximum atomic E-state index is 11.9. The summed E-state index contributed by atoms with van der Waals surface area (Å²) in [6.45, 7) is 0.0864. The lowest BCUT2D eigenvalue weighted by molar-refractivity contribution is -0.141. The summed E-state index contributed by atoms with van der Waals surface area (Å²) >= 11 is 0. The molecule has 2 rings (SSSR count). The number of carboxylic acid groups (broad SMARTS) is 1. The van der Waals surface area contributed by atoms with Gasteiger partial charge in [-0.05, 0) is 17.7 Å². The molecule has 0 unspecified atom stereocenters. The van der Waals surface area contributed by atoms with Crippen LogP contribution in [0.5, 0.6) is 0 Å². The first kappa shape index (κ1) is 17.3. The summed E-state index contributed by atoms with van der Waals surface area (Å²) in [6, 6.07) is 11.1. The normalized spacial score (nSPS) is 11.5. The van der Waals surface area contributed by atoms with E-state index in [9.17, 15) is 19.5 Å². The van der Waals surface area contributed by atoms with Gasteiger partial charge in [0.1, 0.15) is 6.04 Å². The Labute approximate surface area is 138 Å². The van der Waals surface area contributed by atoms with E-state index < -0.39 is 23.8 Å². The van der Waals surface area contributed by atoms with Crippen molar-refractivity contribution in [3.05, 3.63) is 60.1 Å². The Hall–Kier alpha value is -3.09. The molecule has 0 saturated carbocycles. The molecule has 0 saturated heterocycles. The summed E-state index contributed by atoms with van der Waals surface area (Å²) in [7, 11) is 0. The molecule has 0 radical (unpaired) electrons. The minimum atomic E-state index is -1.10. The van der Waals surface area contributed by atoms with Crippen molar-refractivity contribution in [1.82, 2.24) is 10.6 Å². The first-order valence-corrected chi connectivity index (χ1v) is 7.44. The second-order valence-corrected chi connectivity index (χ2v) is 5.13. The molecular weight excluding hydrogens is 312 g/mol. The predicted octanol–water partition coefficient (Wildman–Crippen LogP) is 1.21. The van der Waals surface area contributed by atoms with Crippen LogP contribution in [0.15, 0.2) is 53.1 Å². The van der Waals surface area contributed by atoms with Crippen molar-refractivity contribution < 1.29 is 23.9 Å². The molecule has 2 amide bonds. The smallest absolute Gasteiger partial charge is 0.326 e. The zero-order valence-corrected chi connectivity index (χ0v) is 12.9. The van der Waals surface area contributed by atoms with E-state index >= 15 is 0 Å². The number of carbonyl (C=O) groups excluding carboxylic acids is 2. The number of carbonyl (C=O) groups is 3. The van der Waals surface area contributed by atoms with Gasteiger partial charge in [0.25, 0.3) is 5.91 Å². The van der Waals surface area contributed by atoms with Crippen LogP contribution in [0.2, 0.25) is 0 Å². The van der Waals surface area contributed by atoms with Crippen LogP contribution >= 0.6 is 0 Å². The van der Waals surface area contributed by atoms with Crippen molar-refractivity contribution in [2.45, 2.75) is 18.9 Å². The number of hydrogen-bond donors (Lipinski definition) is 3. The lowest BCUT2D eigenvalue weighted by atomic mass is 10.1. The molecule has 0 spiro atoms. The fourth-order valence-electron chi connectivity index (χ4n) is 2.10. The van der Waals surface area contributed by atoms with Crippen molar-refractivity contribution in [2.24, 2.45) is 0 Å². The van der Waals surface area contributed by atoms with Crippen LogP contribution in [-0.4, -0.2) is 35.5 Å². The summed E-state index contributed by atoms with van der Waals surface area (Å²) in [4.78, 5) is 34.8. The molecule has 0 aliphatic carbocycles. The van der Waals surface area contributed by atoms with Gasteiger partial charge < -0.3 is 20.2 Å². The minimum absolute atomic E-state index is 0.0228. The fourth-order valence-corrected chi connectivity index (χ4v) is 2.10. The Kier molecular flexibility index (Phi) is 6.13. The number of hydrogen-bond acceptors (Lipinski definition) is 4. The van der Waals surface area contributed by atoms with E-state index in [1.54, 1.807) is 30.3 Å². The van der Waals surface area contributed by atoms with Crippen molar-refractivity contribution in [1.29, 1.82) is 0 Å². The maximum Gasteiger partial charge on any atom is 0.326 e. The highest BCUT2D eigenvalue weighted by atomic mass is 16.4. The molecular formula is C17H18N2O5. The Morgan fingerprint density at radius 2 is 1.83 bits per heavy atom. The van der Waals surface area contributed by atoms with Crippen molar-refractivity contribution in [3.8, 4) is 0 Å². The van der Waals surface area contributed by atoms with E-state index in [0.29, 0.717) is 0 Å². The number of furan rings is 1. The molecule has 0 fully saturated rings. The zero-order valence-electron chi connectivity index (χ0n) is 12.9. The van der Waals surface area contributed by atoms with Gasteiger partial charge in [0, 0.05) is 19.4 Å². The molecule has 126 valence electrons. The third kappa shape index (κ3) is 5.28. The first-order valence-electron chi connectivity index (χ1n) is 7.44. The number of amides is 2. The van der Waals surface area contributed by atoms with Gasteiger partial charge in [-0.1, -0.05) is 30.3 Å². The topological polar surface area (TPSA) is 109 Å². The molecule has 24 heavy (non-hydrogen) atoms. The Bertz CT molecular complexity index is 682. The molecule has 7 heteroatoms. The molecule has 0 aliphatic rings. The highest BCUT2D eigenvalue weighted by Gasteiger charge is 2.20. The minimum Gasteiger partial charge on any atom is -0.480 e. The van der Waals surface area contributed by atoms with Crippen LogP contribution in [0.25, 0.3) is 0 Å². The summed E-state index contributed by atoms with van der Waals surface area (Å²) in [5, 5.41) is 14.2. The average Bonchev–Trinajstić information content (AvgIpc) is 3.09.